The first-order valence-electron chi connectivity index (χ1n) is 11.6. The van der Waals surface area contributed by atoms with Gasteiger partial charge in [0.2, 0.25) is 0 Å². The summed E-state index contributed by atoms with van der Waals surface area (Å²) in [6, 6.07) is 27.7. The maximum atomic E-state index is 13.1. The number of carbonyl (C=O) groups is 1. The van der Waals surface area contributed by atoms with Gasteiger partial charge in [-0.1, -0.05) is 72.4 Å². The molecule has 0 atom stereocenters. The number of thioether (sulfide) groups is 1. The Morgan fingerprint density at radius 1 is 0.946 bits per heavy atom. The van der Waals surface area contributed by atoms with Gasteiger partial charge < -0.3 is 5.32 Å². The van der Waals surface area contributed by atoms with Crippen molar-refractivity contribution in [2.75, 3.05) is 0 Å². The lowest BCUT2D eigenvalue weighted by Gasteiger charge is -2.12. The molecule has 0 spiro atoms. The molecule has 0 aliphatic rings. The first kappa shape index (κ1) is 24.2. The van der Waals surface area contributed by atoms with Crippen LogP contribution in [-0.4, -0.2) is 25.6 Å². The molecule has 0 saturated carbocycles. The predicted octanol–water partition coefficient (Wildman–Crippen LogP) is 5.86. The fourth-order valence-electron chi connectivity index (χ4n) is 4.08. The van der Waals surface area contributed by atoms with Crippen LogP contribution in [0.1, 0.15) is 27.3 Å². The van der Waals surface area contributed by atoms with Crippen LogP contribution in [0.5, 0.6) is 0 Å². The number of nitro benzene ring substituents is 1. The molecule has 0 aliphatic heterocycles. The van der Waals surface area contributed by atoms with Crippen LogP contribution in [0.15, 0.2) is 96.2 Å². The number of carbonyl (C=O) groups excluding carboxylic acids is 1. The zero-order valence-electron chi connectivity index (χ0n) is 20.0. The quantitative estimate of drug-likeness (QED) is 0.160. The van der Waals surface area contributed by atoms with E-state index >= 15 is 0 Å². The number of rotatable bonds is 8. The summed E-state index contributed by atoms with van der Waals surface area (Å²) in [7, 11) is 0. The second-order valence-electron chi connectivity index (χ2n) is 8.43. The Bertz CT molecular complexity index is 1590. The Morgan fingerprint density at radius 2 is 1.68 bits per heavy atom. The Balaban J connectivity index is 1.43. The summed E-state index contributed by atoms with van der Waals surface area (Å²) < 4.78 is 1.83. The fourth-order valence-corrected chi connectivity index (χ4v) is 5.13. The van der Waals surface area contributed by atoms with Crippen LogP contribution < -0.4 is 5.32 Å². The van der Waals surface area contributed by atoms with Crippen molar-refractivity contribution in [1.29, 1.82) is 0 Å². The molecule has 184 valence electrons. The molecule has 1 amide bonds. The Kier molecular flexibility index (Phi) is 6.96. The third-order valence-corrected chi connectivity index (χ3v) is 7.06. The fraction of sp³-hybridized carbons (Fsp3) is 0.107. The minimum Gasteiger partial charge on any atom is -0.345 e. The minimum absolute atomic E-state index is 0.00301. The summed E-state index contributed by atoms with van der Waals surface area (Å²) in [6.45, 7) is 2.20. The highest BCUT2D eigenvalue weighted by atomic mass is 32.2. The molecule has 5 aromatic rings. The van der Waals surface area contributed by atoms with Crippen molar-refractivity contribution in [3.05, 3.63) is 124 Å². The van der Waals surface area contributed by atoms with Gasteiger partial charge in [-0.15, -0.1) is 10.2 Å². The van der Waals surface area contributed by atoms with Crippen LogP contribution in [0.3, 0.4) is 0 Å². The van der Waals surface area contributed by atoms with Crippen molar-refractivity contribution in [3.63, 3.8) is 0 Å². The summed E-state index contributed by atoms with van der Waals surface area (Å²) in [5.74, 6) is 0.985. The summed E-state index contributed by atoms with van der Waals surface area (Å²) in [5.41, 5.74) is 3.61. The number of non-ortho nitro benzene ring substituents is 1. The predicted molar refractivity (Wildman–Crippen MR) is 144 cm³/mol. The van der Waals surface area contributed by atoms with Gasteiger partial charge in [-0.25, -0.2) is 0 Å². The van der Waals surface area contributed by atoms with Gasteiger partial charge in [-0.3, -0.25) is 19.5 Å². The number of aryl methyl sites for hydroxylation is 1. The highest BCUT2D eigenvalue weighted by Gasteiger charge is 2.18. The first-order chi connectivity index (χ1) is 18.0. The number of hydrogen-bond donors (Lipinski definition) is 1. The number of nitrogens with one attached hydrogen (secondary N) is 1. The van der Waals surface area contributed by atoms with Crippen LogP contribution in [0.4, 0.5) is 5.69 Å². The van der Waals surface area contributed by atoms with Crippen LogP contribution in [0, 0.1) is 17.0 Å². The van der Waals surface area contributed by atoms with Crippen LogP contribution in [0.2, 0.25) is 0 Å². The molecule has 37 heavy (non-hydrogen) atoms. The lowest BCUT2D eigenvalue weighted by Crippen LogP contribution is -2.25. The molecule has 0 aliphatic carbocycles. The summed E-state index contributed by atoms with van der Waals surface area (Å²) >= 11 is 1.52. The van der Waals surface area contributed by atoms with Gasteiger partial charge in [0.05, 0.1) is 11.5 Å². The van der Waals surface area contributed by atoms with E-state index in [1.54, 1.807) is 18.2 Å². The normalized spacial score (nSPS) is 10.9. The van der Waals surface area contributed by atoms with Crippen molar-refractivity contribution in [2.24, 2.45) is 0 Å². The third kappa shape index (κ3) is 5.22. The van der Waals surface area contributed by atoms with E-state index in [0.29, 0.717) is 28.0 Å². The van der Waals surface area contributed by atoms with Crippen LogP contribution >= 0.6 is 11.8 Å². The first-order valence-corrected chi connectivity index (χ1v) is 12.6. The molecule has 0 fully saturated rings. The molecule has 1 heterocycles. The van der Waals surface area contributed by atoms with Crippen molar-refractivity contribution < 1.29 is 9.72 Å². The summed E-state index contributed by atoms with van der Waals surface area (Å²) in [5, 5.41) is 25.3. The molecule has 1 N–H and O–H groups in total. The van der Waals surface area contributed by atoms with E-state index in [1.807, 2.05) is 53.1 Å². The number of hydrogen-bond acceptors (Lipinski definition) is 6. The van der Waals surface area contributed by atoms with E-state index in [2.05, 4.69) is 34.6 Å². The lowest BCUT2D eigenvalue weighted by atomic mass is 10.0. The zero-order valence-corrected chi connectivity index (χ0v) is 20.8. The van der Waals surface area contributed by atoms with Gasteiger partial charge in [-0.05, 0) is 47.0 Å². The summed E-state index contributed by atoms with van der Waals surface area (Å²) in [4.78, 5) is 23.8. The molecular weight excluding hydrogens is 486 g/mol. The topological polar surface area (TPSA) is 103 Å². The van der Waals surface area contributed by atoms with Crippen molar-refractivity contribution in [2.45, 2.75) is 24.4 Å². The second-order valence-corrected chi connectivity index (χ2v) is 9.37. The molecule has 1 aromatic heterocycles. The lowest BCUT2D eigenvalue weighted by molar-refractivity contribution is -0.384. The number of amides is 1. The van der Waals surface area contributed by atoms with Gasteiger partial charge in [0.25, 0.3) is 11.6 Å². The molecule has 0 radical (unpaired) electrons. The number of aromatic nitrogens is 3. The van der Waals surface area contributed by atoms with Gasteiger partial charge >= 0.3 is 0 Å². The van der Waals surface area contributed by atoms with Gasteiger partial charge in [0.15, 0.2) is 11.0 Å². The Hall–Kier alpha value is -4.50. The maximum Gasteiger partial charge on any atom is 0.269 e. The third-order valence-electron chi connectivity index (χ3n) is 6.08. The standard InChI is InChI=1S/C28H23N5O3S/c1-19-7-2-3-9-21(19)18-37-28-31-30-26(32(28)22-13-15-23(16-14-22)33(35)36)17-29-27(34)25-12-6-10-20-8-4-5-11-24(20)25/h2-16H,17-18H2,1H3,(H,29,34). The van der Waals surface area contributed by atoms with Gasteiger partial charge in [0, 0.05) is 29.1 Å². The Labute approximate surface area is 217 Å². The average Bonchev–Trinajstić information content (AvgIpc) is 3.33. The maximum absolute atomic E-state index is 13.1. The van der Waals surface area contributed by atoms with E-state index in [9.17, 15) is 14.9 Å². The highest BCUT2D eigenvalue weighted by molar-refractivity contribution is 7.98. The van der Waals surface area contributed by atoms with Crippen LogP contribution in [0.25, 0.3) is 16.5 Å². The molecular formula is C28H23N5O3S. The van der Waals surface area contributed by atoms with Crippen molar-refractivity contribution in [3.8, 4) is 5.69 Å². The summed E-state index contributed by atoms with van der Waals surface area (Å²) in [6.07, 6.45) is 0. The van der Waals surface area contributed by atoms with E-state index < -0.39 is 4.92 Å². The number of nitrogens with zero attached hydrogens (tertiary/aromatic N) is 4. The smallest absolute Gasteiger partial charge is 0.269 e. The molecule has 9 heteroatoms. The molecule has 4 aromatic carbocycles. The number of nitro groups is 1. The van der Waals surface area contributed by atoms with E-state index in [4.69, 9.17) is 0 Å². The van der Waals surface area contributed by atoms with Crippen LogP contribution in [-0.2, 0) is 12.3 Å². The van der Waals surface area contributed by atoms with Gasteiger partial charge in [-0.2, -0.15) is 0 Å². The molecule has 5 rings (SSSR count). The minimum atomic E-state index is -0.435. The average molecular weight is 510 g/mol. The van der Waals surface area contributed by atoms with E-state index in [1.165, 1.54) is 35.0 Å². The van der Waals surface area contributed by atoms with Crippen molar-refractivity contribution in [1.82, 2.24) is 20.1 Å². The zero-order chi connectivity index (χ0) is 25.8. The Morgan fingerprint density at radius 3 is 2.46 bits per heavy atom. The molecule has 0 saturated heterocycles. The monoisotopic (exact) mass is 509 g/mol. The molecule has 0 bridgehead atoms. The highest BCUT2D eigenvalue weighted by Crippen LogP contribution is 2.27. The largest absolute Gasteiger partial charge is 0.345 e. The van der Waals surface area contributed by atoms with E-state index in [0.717, 1.165) is 10.8 Å². The SMILES string of the molecule is Cc1ccccc1CSc1nnc(CNC(=O)c2cccc3ccccc23)n1-c1ccc([N+](=O)[O-])cc1. The number of fused-ring (bicyclic) bond motifs is 1. The molecule has 8 nitrogen and oxygen atoms in total. The second kappa shape index (κ2) is 10.6. The van der Waals surface area contributed by atoms with Gasteiger partial charge in [0.1, 0.15) is 0 Å². The number of benzene rings is 4. The van der Waals surface area contributed by atoms with Crippen molar-refractivity contribution >= 4 is 34.1 Å². The molecule has 0 unspecified atom stereocenters. The van der Waals surface area contributed by atoms with E-state index in [-0.39, 0.29) is 18.1 Å².